The number of aromatic nitrogens is 4. The topological polar surface area (TPSA) is 77.8 Å². The van der Waals surface area contributed by atoms with Crippen LogP contribution in [-0.2, 0) is 0 Å². The van der Waals surface area contributed by atoms with Gasteiger partial charge in [-0.05, 0) is 47.5 Å². The Morgan fingerprint density at radius 1 is 0.375 bits per heavy atom. The highest BCUT2D eigenvalue weighted by Gasteiger charge is 2.22. The van der Waals surface area contributed by atoms with Crippen molar-refractivity contribution in [2.24, 2.45) is 0 Å². The van der Waals surface area contributed by atoms with E-state index in [4.69, 9.17) is 28.8 Å². The number of para-hydroxylation sites is 2. The molecular formula is C42H24N4O2. The maximum atomic E-state index is 6.59. The molecule has 0 radical (unpaired) electrons. The molecule has 0 unspecified atom stereocenters. The number of benzene rings is 6. The van der Waals surface area contributed by atoms with Gasteiger partial charge in [-0.3, -0.25) is 0 Å². The lowest BCUT2D eigenvalue weighted by atomic mass is 9.95. The quantitative estimate of drug-likeness (QED) is 0.196. The Labute approximate surface area is 274 Å². The zero-order valence-corrected chi connectivity index (χ0v) is 25.5. The van der Waals surface area contributed by atoms with Crippen LogP contribution in [0.4, 0.5) is 0 Å². The number of hydrogen-bond donors (Lipinski definition) is 0. The molecule has 10 aromatic rings. The molecule has 0 atom stereocenters. The molecule has 6 aromatic carbocycles. The molecule has 48 heavy (non-hydrogen) atoms. The Bertz CT molecular complexity index is 2780. The van der Waals surface area contributed by atoms with Gasteiger partial charge in [0.1, 0.15) is 16.7 Å². The summed E-state index contributed by atoms with van der Waals surface area (Å²) in [5.41, 5.74) is 8.45. The molecular weight excluding hydrogens is 592 g/mol. The first-order valence-corrected chi connectivity index (χ1v) is 15.8. The second-order valence-electron chi connectivity index (χ2n) is 11.8. The van der Waals surface area contributed by atoms with E-state index in [1.165, 1.54) is 0 Å². The third-order valence-corrected chi connectivity index (χ3v) is 8.92. The fraction of sp³-hybridized carbons (Fsp3) is 0. The van der Waals surface area contributed by atoms with Crippen LogP contribution in [0.15, 0.2) is 154 Å². The van der Waals surface area contributed by atoms with Gasteiger partial charge in [0.15, 0.2) is 17.5 Å². The second kappa shape index (κ2) is 10.4. The van der Waals surface area contributed by atoms with Crippen LogP contribution >= 0.6 is 0 Å². The summed E-state index contributed by atoms with van der Waals surface area (Å²) in [4.78, 5) is 20.1. The van der Waals surface area contributed by atoms with Gasteiger partial charge < -0.3 is 8.83 Å². The lowest BCUT2D eigenvalue weighted by Gasteiger charge is -2.11. The van der Waals surface area contributed by atoms with Crippen LogP contribution in [0.5, 0.6) is 0 Å². The third-order valence-electron chi connectivity index (χ3n) is 8.92. The fourth-order valence-corrected chi connectivity index (χ4v) is 6.71. The number of pyridine rings is 1. The lowest BCUT2D eigenvalue weighted by Crippen LogP contribution is -2.00. The van der Waals surface area contributed by atoms with Crippen molar-refractivity contribution in [1.29, 1.82) is 0 Å². The summed E-state index contributed by atoms with van der Waals surface area (Å²) >= 11 is 0. The first-order valence-electron chi connectivity index (χ1n) is 15.8. The smallest absolute Gasteiger partial charge is 0.227 e. The normalized spacial score (nSPS) is 11.8. The van der Waals surface area contributed by atoms with Gasteiger partial charge in [-0.2, -0.15) is 0 Å². The van der Waals surface area contributed by atoms with Crippen molar-refractivity contribution in [1.82, 2.24) is 19.9 Å². The lowest BCUT2D eigenvalue weighted by molar-refractivity contribution is 0.656. The molecule has 4 heterocycles. The molecule has 6 heteroatoms. The van der Waals surface area contributed by atoms with Crippen molar-refractivity contribution >= 4 is 54.9 Å². The Morgan fingerprint density at radius 2 is 1.02 bits per heavy atom. The highest BCUT2D eigenvalue weighted by atomic mass is 16.3. The molecule has 0 aliphatic heterocycles. The van der Waals surface area contributed by atoms with Crippen molar-refractivity contribution in [3.8, 4) is 45.3 Å². The summed E-state index contributed by atoms with van der Waals surface area (Å²) in [7, 11) is 0. The largest absolute Gasteiger partial charge is 0.456 e. The van der Waals surface area contributed by atoms with E-state index in [0.29, 0.717) is 28.8 Å². The SMILES string of the molecule is c1ccc(-c2nc(-c3ccccc3)nc(-c3cc(-c4cccc5oc6ccccc6c45)cc4oc5nc6ccccc6cc5c34)n2)cc1. The Morgan fingerprint density at radius 3 is 1.81 bits per heavy atom. The van der Waals surface area contributed by atoms with Crippen LogP contribution in [-0.4, -0.2) is 19.9 Å². The highest BCUT2D eigenvalue weighted by molar-refractivity contribution is 6.17. The van der Waals surface area contributed by atoms with Gasteiger partial charge in [-0.15, -0.1) is 0 Å². The summed E-state index contributed by atoms with van der Waals surface area (Å²) in [5, 5.41) is 4.94. The minimum atomic E-state index is 0.551. The minimum Gasteiger partial charge on any atom is -0.456 e. The van der Waals surface area contributed by atoms with Crippen molar-refractivity contribution < 1.29 is 8.83 Å². The van der Waals surface area contributed by atoms with Gasteiger partial charge in [0.25, 0.3) is 0 Å². The van der Waals surface area contributed by atoms with E-state index in [0.717, 1.165) is 71.4 Å². The predicted octanol–water partition coefficient (Wildman–Crippen LogP) is 10.9. The molecule has 6 nitrogen and oxygen atoms in total. The van der Waals surface area contributed by atoms with Gasteiger partial charge in [-0.1, -0.05) is 109 Å². The molecule has 0 saturated heterocycles. The summed E-state index contributed by atoms with van der Waals surface area (Å²) in [6.07, 6.45) is 0. The molecule has 0 saturated carbocycles. The van der Waals surface area contributed by atoms with E-state index >= 15 is 0 Å². The summed E-state index contributed by atoms with van der Waals surface area (Å²) in [5.74, 6) is 1.74. The van der Waals surface area contributed by atoms with Gasteiger partial charge in [0, 0.05) is 43.6 Å². The summed E-state index contributed by atoms with van der Waals surface area (Å²) < 4.78 is 12.9. The number of hydrogen-bond acceptors (Lipinski definition) is 6. The molecule has 0 aliphatic carbocycles. The van der Waals surface area contributed by atoms with E-state index < -0.39 is 0 Å². The van der Waals surface area contributed by atoms with E-state index in [-0.39, 0.29) is 0 Å². The molecule has 4 aromatic heterocycles. The standard InChI is InChI=1S/C42H24N4O2/c1-3-12-25(13-4-1)39-44-40(26-14-5-2-6-15-26)46-41(45-39)31-23-28(29-18-11-21-35-37(29)30-17-8-10-20-34(30)47-35)24-36-38(31)32-22-27-16-7-9-19-33(27)43-42(32)48-36/h1-24H. The Hall–Kier alpha value is -6.66. The molecule has 0 fully saturated rings. The van der Waals surface area contributed by atoms with Crippen molar-refractivity contribution in [3.63, 3.8) is 0 Å². The van der Waals surface area contributed by atoms with Crippen LogP contribution in [0.2, 0.25) is 0 Å². The predicted molar refractivity (Wildman–Crippen MR) is 191 cm³/mol. The first kappa shape index (κ1) is 26.5. The number of nitrogens with zero attached hydrogens (tertiary/aromatic N) is 4. The summed E-state index contributed by atoms with van der Waals surface area (Å²) in [6, 6.07) is 48.9. The van der Waals surface area contributed by atoms with Crippen LogP contribution in [0, 0.1) is 0 Å². The molecule has 224 valence electrons. The van der Waals surface area contributed by atoms with Gasteiger partial charge >= 0.3 is 0 Å². The molecule has 0 spiro atoms. The van der Waals surface area contributed by atoms with Crippen LogP contribution in [0.1, 0.15) is 0 Å². The minimum absolute atomic E-state index is 0.551. The van der Waals surface area contributed by atoms with Crippen LogP contribution < -0.4 is 0 Å². The number of furan rings is 2. The maximum absolute atomic E-state index is 6.59. The van der Waals surface area contributed by atoms with Crippen molar-refractivity contribution in [2.45, 2.75) is 0 Å². The van der Waals surface area contributed by atoms with E-state index in [1.54, 1.807) is 0 Å². The second-order valence-corrected chi connectivity index (χ2v) is 11.8. The zero-order chi connectivity index (χ0) is 31.6. The third kappa shape index (κ3) is 4.20. The van der Waals surface area contributed by atoms with Crippen molar-refractivity contribution in [2.75, 3.05) is 0 Å². The average molecular weight is 617 g/mol. The molecule has 10 rings (SSSR count). The Kier molecular flexibility index (Phi) is 5.77. The summed E-state index contributed by atoms with van der Waals surface area (Å²) in [6.45, 7) is 0. The van der Waals surface area contributed by atoms with Gasteiger partial charge in [-0.25, -0.2) is 19.9 Å². The Balaban J connectivity index is 1.32. The van der Waals surface area contributed by atoms with Crippen LogP contribution in [0.3, 0.4) is 0 Å². The fourth-order valence-electron chi connectivity index (χ4n) is 6.71. The van der Waals surface area contributed by atoms with Gasteiger partial charge in [0.05, 0.1) is 5.52 Å². The van der Waals surface area contributed by atoms with E-state index in [1.807, 2.05) is 109 Å². The maximum Gasteiger partial charge on any atom is 0.227 e. The number of fused-ring (bicyclic) bond motifs is 7. The van der Waals surface area contributed by atoms with E-state index in [9.17, 15) is 0 Å². The highest BCUT2D eigenvalue weighted by Crippen LogP contribution is 2.43. The molecule has 0 N–H and O–H groups in total. The van der Waals surface area contributed by atoms with Crippen LogP contribution in [0.25, 0.3) is 100 Å². The molecule has 0 aliphatic rings. The van der Waals surface area contributed by atoms with E-state index in [2.05, 4.69) is 36.4 Å². The average Bonchev–Trinajstić information content (AvgIpc) is 3.72. The first-order chi connectivity index (χ1) is 23.8. The molecule has 0 amide bonds. The molecule has 0 bridgehead atoms. The monoisotopic (exact) mass is 616 g/mol. The van der Waals surface area contributed by atoms with Gasteiger partial charge in [0.2, 0.25) is 5.71 Å². The van der Waals surface area contributed by atoms with Crippen molar-refractivity contribution in [3.05, 3.63) is 146 Å². The zero-order valence-electron chi connectivity index (χ0n) is 25.5. The number of rotatable bonds is 4.